The van der Waals surface area contributed by atoms with E-state index in [1.54, 1.807) is 19.1 Å². The summed E-state index contributed by atoms with van der Waals surface area (Å²) in [6.45, 7) is 3.69. The Morgan fingerprint density at radius 1 is 1.47 bits per heavy atom. The van der Waals surface area contributed by atoms with Crippen molar-refractivity contribution in [3.8, 4) is 0 Å². The van der Waals surface area contributed by atoms with Crippen LogP contribution in [0.3, 0.4) is 0 Å². The van der Waals surface area contributed by atoms with Gasteiger partial charge in [0.2, 0.25) is 12.3 Å². The first-order valence-corrected chi connectivity index (χ1v) is 4.78. The molecule has 0 aliphatic rings. The van der Waals surface area contributed by atoms with Crippen LogP contribution >= 0.6 is 0 Å². The van der Waals surface area contributed by atoms with Gasteiger partial charge in [0, 0.05) is 17.8 Å². The first kappa shape index (κ1) is 11.2. The van der Waals surface area contributed by atoms with E-state index in [4.69, 9.17) is 0 Å². The van der Waals surface area contributed by atoms with Crippen LogP contribution in [0, 0.1) is 6.92 Å². The number of carbonyl (C=O) groups is 2. The van der Waals surface area contributed by atoms with Crippen LogP contribution in [-0.2, 0) is 9.59 Å². The Hall–Kier alpha value is -1.84. The molecule has 0 spiro atoms. The molecule has 0 radical (unpaired) electrons. The molecule has 1 aromatic carbocycles. The summed E-state index contributed by atoms with van der Waals surface area (Å²) in [7, 11) is 0. The second-order valence-electron chi connectivity index (χ2n) is 3.19. The Morgan fingerprint density at radius 2 is 2.20 bits per heavy atom. The fraction of sp³-hybridized carbons (Fsp3) is 0.273. The number of hydrogen-bond acceptors (Lipinski definition) is 2. The maximum absolute atomic E-state index is 11.2. The fourth-order valence-electron chi connectivity index (χ4n) is 1.15. The zero-order valence-corrected chi connectivity index (χ0v) is 8.83. The number of benzene rings is 1. The number of rotatable bonds is 4. The van der Waals surface area contributed by atoms with Crippen LogP contribution in [0.2, 0.25) is 0 Å². The zero-order valence-electron chi connectivity index (χ0n) is 8.83. The van der Waals surface area contributed by atoms with E-state index in [0.29, 0.717) is 18.5 Å². The van der Waals surface area contributed by atoms with Crippen LogP contribution in [0.4, 0.5) is 11.4 Å². The highest BCUT2D eigenvalue weighted by Crippen LogP contribution is 2.19. The predicted molar refractivity (Wildman–Crippen MR) is 59.8 cm³/mol. The molecule has 0 aromatic heterocycles. The number of amides is 2. The third kappa shape index (κ3) is 3.09. The standard InChI is InChI=1S/C11H14N2O2/c1-3-11(15)13-10-6-9(12-7-14)5-4-8(10)2/h4-7H,3H2,1-2H3,(H,12,14)(H,13,15). The van der Waals surface area contributed by atoms with Crippen molar-refractivity contribution in [2.45, 2.75) is 20.3 Å². The van der Waals surface area contributed by atoms with E-state index in [9.17, 15) is 9.59 Å². The average Bonchev–Trinajstić information content (AvgIpc) is 2.23. The average molecular weight is 206 g/mol. The molecular formula is C11H14N2O2. The van der Waals surface area contributed by atoms with Crippen LogP contribution in [0.25, 0.3) is 0 Å². The molecule has 0 aliphatic carbocycles. The lowest BCUT2D eigenvalue weighted by molar-refractivity contribution is -0.115. The van der Waals surface area contributed by atoms with Crippen LogP contribution in [0.5, 0.6) is 0 Å². The van der Waals surface area contributed by atoms with E-state index in [1.165, 1.54) is 0 Å². The van der Waals surface area contributed by atoms with E-state index in [2.05, 4.69) is 10.6 Å². The van der Waals surface area contributed by atoms with Crippen LogP contribution in [0.15, 0.2) is 18.2 Å². The first-order valence-electron chi connectivity index (χ1n) is 4.78. The molecule has 0 unspecified atom stereocenters. The van der Waals surface area contributed by atoms with E-state index < -0.39 is 0 Å². The molecule has 0 saturated heterocycles. The summed E-state index contributed by atoms with van der Waals surface area (Å²) in [5.74, 6) is -0.0404. The lowest BCUT2D eigenvalue weighted by Gasteiger charge is -2.09. The van der Waals surface area contributed by atoms with Crippen LogP contribution in [-0.4, -0.2) is 12.3 Å². The van der Waals surface area contributed by atoms with Gasteiger partial charge < -0.3 is 10.6 Å². The van der Waals surface area contributed by atoms with E-state index in [0.717, 1.165) is 11.3 Å². The van der Waals surface area contributed by atoms with Gasteiger partial charge in [-0.2, -0.15) is 0 Å². The summed E-state index contributed by atoms with van der Waals surface area (Å²) < 4.78 is 0. The molecule has 0 aliphatic heterocycles. The molecule has 1 rings (SSSR count). The molecule has 0 saturated carbocycles. The third-order valence-corrected chi connectivity index (χ3v) is 2.06. The number of carbonyl (C=O) groups excluding carboxylic acids is 2. The fourth-order valence-corrected chi connectivity index (χ4v) is 1.15. The highest BCUT2D eigenvalue weighted by Gasteiger charge is 2.03. The second-order valence-corrected chi connectivity index (χ2v) is 3.19. The van der Waals surface area contributed by atoms with Gasteiger partial charge in [0.25, 0.3) is 0 Å². The molecule has 4 nitrogen and oxygen atoms in total. The van der Waals surface area contributed by atoms with Gasteiger partial charge in [0.1, 0.15) is 0 Å². The van der Waals surface area contributed by atoms with Gasteiger partial charge in [0.05, 0.1) is 0 Å². The quantitative estimate of drug-likeness (QED) is 0.739. The van der Waals surface area contributed by atoms with Gasteiger partial charge in [-0.15, -0.1) is 0 Å². The van der Waals surface area contributed by atoms with Gasteiger partial charge in [-0.25, -0.2) is 0 Å². The van der Waals surface area contributed by atoms with E-state index in [-0.39, 0.29) is 5.91 Å². The van der Waals surface area contributed by atoms with Crippen molar-refractivity contribution in [1.29, 1.82) is 0 Å². The van der Waals surface area contributed by atoms with Crippen molar-refractivity contribution in [2.75, 3.05) is 10.6 Å². The minimum Gasteiger partial charge on any atom is -0.329 e. The van der Waals surface area contributed by atoms with Gasteiger partial charge in [-0.1, -0.05) is 13.0 Å². The Kier molecular flexibility index (Phi) is 3.85. The monoisotopic (exact) mass is 206 g/mol. The molecule has 80 valence electrons. The molecule has 1 aromatic rings. The van der Waals surface area contributed by atoms with Crippen LogP contribution < -0.4 is 10.6 Å². The Labute approximate surface area is 88.7 Å². The molecule has 0 fully saturated rings. The lowest BCUT2D eigenvalue weighted by atomic mass is 10.1. The van der Waals surface area contributed by atoms with E-state index in [1.807, 2.05) is 13.0 Å². The maximum Gasteiger partial charge on any atom is 0.224 e. The van der Waals surface area contributed by atoms with E-state index >= 15 is 0 Å². The number of hydrogen-bond donors (Lipinski definition) is 2. The third-order valence-electron chi connectivity index (χ3n) is 2.06. The first-order chi connectivity index (χ1) is 7.17. The molecule has 2 amide bonds. The van der Waals surface area contributed by atoms with Gasteiger partial charge in [0.15, 0.2) is 0 Å². The van der Waals surface area contributed by atoms with Gasteiger partial charge in [-0.3, -0.25) is 9.59 Å². The Morgan fingerprint density at radius 3 is 2.80 bits per heavy atom. The number of aryl methyl sites for hydroxylation is 1. The van der Waals surface area contributed by atoms with Crippen molar-refractivity contribution >= 4 is 23.7 Å². The minimum atomic E-state index is -0.0404. The minimum absolute atomic E-state index is 0.0404. The molecule has 4 heteroatoms. The molecule has 15 heavy (non-hydrogen) atoms. The highest BCUT2D eigenvalue weighted by atomic mass is 16.1. The summed E-state index contributed by atoms with van der Waals surface area (Å²) >= 11 is 0. The second kappa shape index (κ2) is 5.14. The highest BCUT2D eigenvalue weighted by molar-refractivity contribution is 5.92. The van der Waals surface area contributed by atoms with Crippen LogP contribution in [0.1, 0.15) is 18.9 Å². The molecule has 0 bridgehead atoms. The zero-order chi connectivity index (χ0) is 11.3. The summed E-state index contributed by atoms with van der Waals surface area (Å²) in [6.07, 6.45) is 1.04. The molecular weight excluding hydrogens is 192 g/mol. The number of anilines is 2. The molecule has 0 heterocycles. The number of nitrogens with one attached hydrogen (secondary N) is 2. The Bertz CT molecular complexity index is 375. The van der Waals surface area contributed by atoms with Crippen molar-refractivity contribution in [2.24, 2.45) is 0 Å². The predicted octanol–water partition coefficient (Wildman–Crippen LogP) is 1.91. The van der Waals surface area contributed by atoms with Crippen molar-refractivity contribution < 1.29 is 9.59 Å². The SMILES string of the molecule is CCC(=O)Nc1cc(NC=O)ccc1C. The smallest absolute Gasteiger partial charge is 0.224 e. The van der Waals surface area contributed by atoms with Gasteiger partial charge >= 0.3 is 0 Å². The van der Waals surface area contributed by atoms with Gasteiger partial charge in [-0.05, 0) is 24.6 Å². The largest absolute Gasteiger partial charge is 0.329 e. The van der Waals surface area contributed by atoms with Crippen molar-refractivity contribution in [1.82, 2.24) is 0 Å². The van der Waals surface area contributed by atoms with Crippen molar-refractivity contribution in [3.63, 3.8) is 0 Å². The summed E-state index contributed by atoms with van der Waals surface area (Å²) in [6, 6.07) is 5.36. The summed E-state index contributed by atoms with van der Waals surface area (Å²) in [5.41, 5.74) is 2.36. The normalized spacial score (nSPS) is 9.47. The summed E-state index contributed by atoms with van der Waals surface area (Å²) in [4.78, 5) is 21.5. The summed E-state index contributed by atoms with van der Waals surface area (Å²) in [5, 5.41) is 5.30. The molecule has 2 N–H and O–H groups in total. The van der Waals surface area contributed by atoms with Crippen molar-refractivity contribution in [3.05, 3.63) is 23.8 Å². The molecule has 0 atom stereocenters. The Balaban J connectivity index is 2.89. The maximum atomic E-state index is 11.2. The lowest BCUT2D eigenvalue weighted by Crippen LogP contribution is -2.10. The topological polar surface area (TPSA) is 58.2 Å².